The maximum Gasteiger partial charge on any atom is 0.142 e. The van der Waals surface area contributed by atoms with Crippen LogP contribution in [0.25, 0.3) is 0 Å². The first-order chi connectivity index (χ1) is 7.65. The monoisotopic (exact) mass is 222 g/mol. The zero-order valence-electron chi connectivity index (χ0n) is 9.68. The number of amidine groups is 1. The normalized spacial score (nSPS) is 13.5. The lowest BCUT2D eigenvalue weighted by Gasteiger charge is -2.13. The van der Waals surface area contributed by atoms with Crippen LogP contribution >= 0.6 is 0 Å². The van der Waals surface area contributed by atoms with E-state index in [4.69, 9.17) is 15.7 Å². The maximum atomic E-state index is 8.43. The third-order valence-electron chi connectivity index (χ3n) is 2.29. The predicted octanol–water partition coefficient (Wildman–Crippen LogP) is 2.15. The van der Waals surface area contributed by atoms with Crippen LogP contribution in [0, 0.1) is 0 Å². The fourth-order valence-corrected chi connectivity index (χ4v) is 1.41. The van der Waals surface area contributed by atoms with Crippen LogP contribution in [0.2, 0.25) is 0 Å². The van der Waals surface area contributed by atoms with E-state index in [1.165, 1.54) is 5.56 Å². The van der Waals surface area contributed by atoms with Crippen molar-refractivity contribution >= 4 is 5.84 Å². The molecule has 16 heavy (non-hydrogen) atoms. The third-order valence-corrected chi connectivity index (χ3v) is 2.29. The summed E-state index contributed by atoms with van der Waals surface area (Å²) in [5.74, 6) is 0.980. The largest absolute Gasteiger partial charge is 0.490 e. The number of ether oxygens (including phenoxy) is 1. The summed E-state index contributed by atoms with van der Waals surface area (Å²) >= 11 is 0. The zero-order chi connectivity index (χ0) is 12.0. The number of hydrogen-bond acceptors (Lipinski definition) is 3. The van der Waals surface area contributed by atoms with Gasteiger partial charge >= 0.3 is 0 Å². The Bertz CT molecular complexity index is 347. The molecular weight excluding hydrogens is 204 g/mol. The van der Waals surface area contributed by atoms with Crippen LogP contribution in [0.3, 0.4) is 0 Å². The van der Waals surface area contributed by atoms with Crippen molar-refractivity contribution in [1.82, 2.24) is 0 Å². The van der Waals surface area contributed by atoms with Gasteiger partial charge in [0.25, 0.3) is 0 Å². The minimum absolute atomic E-state index is 0.108. The standard InChI is InChI=1S/C12H18N2O2/c1-3-10-4-6-11(7-5-10)16-9(2)8-12(13)14-15/h4-7,9,15H,3,8H2,1-2H3,(H2,13,14). The topological polar surface area (TPSA) is 67.8 Å². The number of aryl methyl sites for hydroxylation is 1. The van der Waals surface area contributed by atoms with Crippen molar-refractivity contribution in [3.05, 3.63) is 29.8 Å². The highest BCUT2D eigenvalue weighted by Crippen LogP contribution is 2.15. The van der Waals surface area contributed by atoms with E-state index in [1.807, 2.05) is 31.2 Å². The molecule has 0 saturated carbocycles. The molecule has 0 saturated heterocycles. The fourth-order valence-electron chi connectivity index (χ4n) is 1.41. The van der Waals surface area contributed by atoms with Crippen LogP contribution in [-0.2, 0) is 6.42 Å². The van der Waals surface area contributed by atoms with Gasteiger partial charge in [0.15, 0.2) is 0 Å². The summed E-state index contributed by atoms with van der Waals surface area (Å²) in [6.45, 7) is 3.99. The molecule has 0 spiro atoms. The Morgan fingerprint density at radius 1 is 1.44 bits per heavy atom. The van der Waals surface area contributed by atoms with Gasteiger partial charge < -0.3 is 15.7 Å². The summed E-state index contributed by atoms with van der Waals surface area (Å²) in [5.41, 5.74) is 6.67. The van der Waals surface area contributed by atoms with Crippen molar-refractivity contribution in [1.29, 1.82) is 0 Å². The molecule has 4 nitrogen and oxygen atoms in total. The molecule has 0 radical (unpaired) electrons. The maximum absolute atomic E-state index is 8.43. The van der Waals surface area contributed by atoms with Crippen LogP contribution in [0.4, 0.5) is 0 Å². The molecule has 0 amide bonds. The van der Waals surface area contributed by atoms with Crippen LogP contribution in [0.15, 0.2) is 29.4 Å². The van der Waals surface area contributed by atoms with Crippen LogP contribution in [0.5, 0.6) is 5.75 Å². The van der Waals surface area contributed by atoms with E-state index in [-0.39, 0.29) is 11.9 Å². The summed E-state index contributed by atoms with van der Waals surface area (Å²) in [5, 5.41) is 11.3. The van der Waals surface area contributed by atoms with Gasteiger partial charge in [-0.25, -0.2) is 0 Å². The van der Waals surface area contributed by atoms with Crippen molar-refractivity contribution in [3.8, 4) is 5.75 Å². The summed E-state index contributed by atoms with van der Waals surface area (Å²) in [6, 6.07) is 7.93. The van der Waals surface area contributed by atoms with Gasteiger partial charge in [0, 0.05) is 6.42 Å². The number of benzene rings is 1. The second kappa shape index (κ2) is 6.00. The Morgan fingerprint density at radius 3 is 2.56 bits per heavy atom. The number of nitrogens with zero attached hydrogens (tertiary/aromatic N) is 1. The molecule has 1 atom stereocenters. The van der Waals surface area contributed by atoms with Crippen molar-refractivity contribution in [2.45, 2.75) is 32.8 Å². The van der Waals surface area contributed by atoms with Crippen LogP contribution in [0.1, 0.15) is 25.8 Å². The van der Waals surface area contributed by atoms with Crippen molar-refractivity contribution < 1.29 is 9.94 Å². The van der Waals surface area contributed by atoms with E-state index < -0.39 is 0 Å². The van der Waals surface area contributed by atoms with Crippen molar-refractivity contribution in [3.63, 3.8) is 0 Å². The quantitative estimate of drug-likeness (QED) is 0.347. The SMILES string of the molecule is CCc1ccc(OC(C)CC(N)=NO)cc1. The number of oxime groups is 1. The summed E-state index contributed by atoms with van der Waals surface area (Å²) in [4.78, 5) is 0. The second-order valence-corrected chi connectivity index (χ2v) is 3.72. The lowest BCUT2D eigenvalue weighted by molar-refractivity contribution is 0.226. The Balaban J connectivity index is 2.52. The van der Waals surface area contributed by atoms with Crippen molar-refractivity contribution in [2.75, 3.05) is 0 Å². The lowest BCUT2D eigenvalue weighted by Crippen LogP contribution is -2.22. The molecule has 88 valence electrons. The molecule has 0 aliphatic rings. The average Bonchev–Trinajstić information content (AvgIpc) is 2.29. The van der Waals surface area contributed by atoms with Crippen LogP contribution < -0.4 is 10.5 Å². The van der Waals surface area contributed by atoms with Gasteiger partial charge in [0.05, 0.1) is 0 Å². The van der Waals surface area contributed by atoms with Gasteiger partial charge in [-0.15, -0.1) is 0 Å². The molecule has 1 aromatic rings. The molecule has 0 aliphatic carbocycles. The number of rotatable bonds is 5. The van der Waals surface area contributed by atoms with E-state index in [9.17, 15) is 0 Å². The Morgan fingerprint density at radius 2 is 2.06 bits per heavy atom. The van der Waals surface area contributed by atoms with Gasteiger partial charge in [-0.05, 0) is 31.0 Å². The fraction of sp³-hybridized carbons (Fsp3) is 0.417. The number of nitrogens with two attached hydrogens (primary N) is 1. The van der Waals surface area contributed by atoms with E-state index in [1.54, 1.807) is 0 Å². The van der Waals surface area contributed by atoms with E-state index >= 15 is 0 Å². The molecule has 1 aromatic carbocycles. The summed E-state index contributed by atoms with van der Waals surface area (Å²) in [7, 11) is 0. The van der Waals surface area contributed by atoms with E-state index in [0.29, 0.717) is 6.42 Å². The van der Waals surface area contributed by atoms with Crippen molar-refractivity contribution in [2.24, 2.45) is 10.9 Å². The predicted molar refractivity (Wildman–Crippen MR) is 63.9 cm³/mol. The molecule has 3 N–H and O–H groups in total. The average molecular weight is 222 g/mol. The minimum Gasteiger partial charge on any atom is -0.490 e. The minimum atomic E-state index is -0.108. The third kappa shape index (κ3) is 3.81. The first kappa shape index (κ1) is 12.4. The van der Waals surface area contributed by atoms with Gasteiger partial charge in [0.2, 0.25) is 0 Å². The highest BCUT2D eigenvalue weighted by Gasteiger charge is 2.06. The smallest absolute Gasteiger partial charge is 0.142 e. The Labute approximate surface area is 95.7 Å². The van der Waals surface area contributed by atoms with E-state index in [2.05, 4.69) is 12.1 Å². The van der Waals surface area contributed by atoms with E-state index in [0.717, 1.165) is 12.2 Å². The van der Waals surface area contributed by atoms with Crippen LogP contribution in [-0.4, -0.2) is 17.1 Å². The second-order valence-electron chi connectivity index (χ2n) is 3.72. The summed E-state index contributed by atoms with van der Waals surface area (Å²) < 4.78 is 5.61. The molecule has 0 bridgehead atoms. The lowest BCUT2D eigenvalue weighted by atomic mass is 10.2. The molecule has 1 rings (SSSR count). The zero-order valence-corrected chi connectivity index (χ0v) is 9.68. The molecule has 0 fully saturated rings. The molecule has 1 unspecified atom stereocenters. The molecule has 0 aliphatic heterocycles. The molecule has 4 heteroatoms. The highest BCUT2D eigenvalue weighted by molar-refractivity contribution is 5.80. The Hall–Kier alpha value is -1.71. The van der Waals surface area contributed by atoms with Gasteiger partial charge in [-0.1, -0.05) is 24.2 Å². The summed E-state index contributed by atoms with van der Waals surface area (Å²) in [6.07, 6.45) is 1.31. The van der Waals surface area contributed by atoms with Gasteiger partial charge in [0.1, 0.15) is 17.7 Å². The molecule has 0 aromatic heterocycles. The number of hydrogen-bond donors (Lipinski definition) is 2. The van der Waals surface area contributed by atoms with Gasteiger partial charge in [-0.2, -0.15) is 0 Å². The first-order valence-corrected chi connectivity index (χ1v) is 5.37. The highest BCUT2D eigenvalue weighted by atomic mass is 16.5. The first-order valence-electron chi connectivity index (χ1n) is 5.37. The molecule has 0 heterocycles. The van der Waals surface area contributed by atoms with Gasteiger partial charge in [-0.3, -0.25) is 0 Å². The molecular formula is C12H18N2O2. The Kier molecular flexibility index (Phi) is 4.64.